The highest BCUT2D eigenvalue weighted by atomic mass is 16.6. The number of rotatable bonds is 1. The molecule has 0 atom stereocenters. The van der Waals surface area contributed by atoms with Crippen LogP contribution in [0.25, 0.3) is 32.9 Å². The lowest BCUT2D eigenvalue weighted by atomic mass is 10.1. The summed E-state index contributed by atoms with van der Waals surface area (Å²) in [6.45, 7) is 7.55. The minimum Gasteiger partial charge on any atom is -0.443 e. The molecule has 0 radical (unpaired) electrons. The van der Waals surface area contributed by atoms with E-state index in [2.05, 4.69) is 9.97 Å². The predicted molar refractivity (Wildman–Crippen MR) is 107 cm³/mol. The fourth-order valence-electron chi connectivity index (χ4n) is 3.19. The van der Waals surface area contributed by atoms with Crippen molar-refractivity contribution < 1.29 is 9.53 Å². The van der Waals surface area contributed by atoms with E-state index >= 15 is 0 Å². The Morgan fingerprint density at radius 1 is 0.963 bits per heavy atom. The molecule has 0 spiro atoms. The van der Waals surface area contributed by atoms with E-state index in [4.69, 9.17) is 4.74 Å². The number of ether oxygens (including phenoxy) is 1. The van der Waals surface area contributed by atoms with Gasteiger partial charge in [-0.1, -0.05) is 18.2 Å². The van der Waals surface area contributed by atoms with Crippen LogP contribution in [0.4, 0.5) is 4.79 Å². The summed E-state index contributed by atoms with van der Waals surface area (Å²) in [5.41, 5.74) is 3.97. The first kappa shape index (κ1) is 17.2. The van der Waals surface area contributed by atoms with Gasteiger partial charge in [-0.25, -0.2) is 9.36 Å². The highest BCUT2D eigenvalue weighted by Crippen LogP contribution is 2.32. The summed E-state index contributed by atoms with van der Waals surface area (Å²) in [6.07, 6.45) is 4.92. The van der Waals surface area contributed by atoms with Crippen LogP contribution in [0.15, 0.2) is 55.0 Å². The van der Waals surface area contributed by atoms with Crippen molar-refractivity contribution in [2.45, 2.75) is 33.3 Å². The third-order valence-electron chi connectivity index (χ3n) is 4.39. The van der Waals surface area contributed by atoms with Gasteiger partial charge in [0.15, 0.2) is 0 Å². The standard InChI is InChI=1S/C22H21N3O2/c1-14-5-6-16(12-24-14)15-7-8-17-18-13-23-10-9-19(18)25(20(17)11-15)21(26)27-22(2,3)4/h5-13H,1-4H3. The highest BCUT2D eigenvalue weighted by Gasteiger charge is 2.22. The van der Waals surface area contributed by atoms with Crippen molar-refractivity contribution in [1.82, 2.24) is 14.5 Å². The zero-order valence-electron chi connectivity index (χ0n) is 15.9. The van der Waals surface area contributed by atoms with E-state index in [0.717, 1.165) is 38.6 Å². The van der Waals surface area contributed by atoms with Crippen molar-refractivity contribution in [1.29, 1.82) is 0 Å². The first-order chi connectivity index (χ1) is 12.8. The Morgan fingerprint density at radius 3 is 2.44 bits per heavy atom. The molecule has 5 nitrogen and oxygen atoms in total. The Kier molecular flexibility index (Phi) is 3.95. The van der Waals surface area contributed by atoms with Gasteiger partial charge < -0.3 is 4.74 Å². The van der Waals surface area contributed by atoms with Gasteiger partial charge in [-0.05, 0) is 51.5 Å². The van der Waals surface area contributed by atoms with E-state index in [0.29, 0.717) is 0 Å². The number of benzene rings is 1. The lowest BCUT2D eigenvalue weighted by Gasteiger charge is -2.20. The van der Waals surface area contributed by atoms with E-state index in [9.17, 15) is 4.79 Å². The Labute approximate surface area is 157 Å². The third kappa shape index (κ3) is 3.16. The normalized spacial score (nSPS) is 11.9. The van der Waals surface area contributed by atoms with Crippen LogP contribution in [0.5, 0.6) is 0 Å². The van der Waals surface area contributed by atoms with Gasteiger partial charge in [-0.2, -0.15) is 0 Å². The molecule has 3 aromatic heterocycles. The molecule has 0 saturated heterocycles. The molecule has 3 heterocycles. The average molecular weight is 359 g/mol. The first-order valence-corrected chi connectivity index (χ1v) is 8.88. The molecule has 4 aromatic rings. The number of pyridine rings is 2. The van der Waals surface area contributed by atoms with Gasteiger partial charge in [-0.3, -0.25) is 9.97 Å². The number of nitrogens with zero attached hydrogens (tertiary/aromatic N) is 3. The molecule has 0 fully saturated rings. The van der Waals surface area contributed by atoms with Gasteiger partial charge in [0.2, 0.25) is 0 Å². The number of aryl methyl sites for hydroxylation is 1. The minimum atomic E-state index is -0.578. The molecule has 0 saturated carbocycles. The monoisotopic (exact) mass is 359 g/mol. The van der Waals surface area contributed by atoms with Crippen molar-refractivity contribution in [3.05, 3.63) is 60.7 Å². The molecule has 0 amide bonds. The Bertz CT molecular complexity index is 1150. The van der Waals surface area contributed by atoms with Gasteiger partial charge in [0.25, 0.3) is 0 Å². The summed E-state index contributed by atoms with van der Waals surface area (Å²) in [5.74, 6) is 0. The summed E-state index contributed by atoms with van der Waals surface area (Å²) in [4.78, 5) is 21.6. The van der Waals surface area contributed by atoms with Gasteiger partial charge in [0.05, 0.1) is 11.0 Å². The van der Waals surface area contributed by atoms with Crippen LogP contribution in [-0.4, -0.2) is 26.2 Å². The second kappa shape index (κ2) is 6.20. The molecular weight excluding hydrogens is 338 g/mol. The van der Waals surface area contributed by atoms with Crippen molar-refractivity contribution in [2.24, 2.45) is 0 Å². The van der Waals surface area contributed by atoms with Crippen LogP contribution < -0.4 is 0 Å². The zero-order valence-corrected chi connectivity index (χ0v) is 15.9. The van der Waals surface area contributed by atoms with E-state index in [1.165, 1.54) is 0 Å². The summed E-state index contributed by atoms with van der Waals surface area (Å²) in [7, 11) is 0. The maximum Gasteiger partial charge on any atom is 0.419 e. The summed E-state index contributed by atoms with van der Waals surface area (Å²) in [5, 5.41) is 1.89. The largest absolute Gasteiger partial charge is 0.443 e. The van der Waals surface area contributed by atoms with Crippen LogP contribution in [0, 0.1) is 6.92 Å². The lowest BCUT2D eigenvalue weighted by Crippen LogP contribution is -2.27. The average Bonchev–Trinajstić information content (AvgIpc) is 2.94. The quantitative estimate of drug-likeness (QED) is 0.460. The molecule has 136 valence electrons. The molecule has 0 aliphatic carbocycles. The smallest absolute Gasteiger partial charge is 0.419 e. The van der Waals surface area contributed by atoms with Crippen molar-refractivity contribution in [3.8, 4) is 11.1 Å². The molecule has 4 rings (SSSR count). The maximum atomic E-state index is 12.9. The number of aromatic nitrogens is 3. The van der Waals surface area contributed by atoms with Crippen LogP contribution in [0.1, 0.15) is 26.5 Å². The summed E-state index contributed by atoms with van der Waals surface area (Å²) >= 11 is 0. The molecular formula is C22H21N3O2. The minimum absolute atomic E-state index is 0.395. The predicted octanol–water partition coefficient (Wildman–Crippen LogP) is 5.34. The topological polar surface area (TPSA) is 57.0 Å². The molecule has 0 aliphatic rings. The fraction of sp³-hybridized carbons (Fsp3) is 0.227. The molecule has 0 aliphatic heterocycles. The van der Waals surface area contributed by atoms with Gasteiger partial charge in [-0.15, -0.1) is 0 Å². The van der Waals surface area contributed by atoms with Crippen LogP contribution in [-0.2, 0) is 4.74 Å². The number of carbonyl (C=O) groups is 1. The second-order valence-corrected chi connectivity index (χ2v) is 7.63. The van der Waals surface area contributed by atoms with Gasteiger partial charge in [0.1, 0.15) is 5.60 Å². The van der Waals surface area contributed by atoms with Crippen molar-refractivity contribution in [2.75, 3.05) is 0 Å². The maximum absolute atomic E-state index is 12.9. The van der Waals surface area contributed by atoms with Crippen molar-refractivity contribution in [3.63, 3.8) is 0 Å². The van der Waals surface area contributed by atoms with Gasteiger partial charge in [0, 0.05) is 40.6 Å². The van der Waals surface area contributed by atoms with Crippen LogP contribution in [0.2, 0.25) is 0 Å². The summed E-state index contributed by atoms with van der Waals surface area (Å²) < 4.78 is 7.28. The van der Waals surface area contributed by atoms with Crippen molar-refractivity contribution >= 4 is 27.9 Å². The molecule has 5 heteroatoms. The third-order valence-corrected chi connectivity index (χ3v) is 4.39. The molecule has 0 unspecified atom stereocenters. The van der Waals surface area contributed by atoms with Crippen LogP contribution in [0.3, 0.4) is 0 Å². The van der Waals surface area contributed by atoms with E-state index in [1.807, 2.05) is 70.3 Å². The van der Waals surface area contributed by atoms with Crippen LogP contribution >= 0.6 is 0 Å². The van der Waals surface area contributed by atoms with E-state index in [-0.39, 0.29) is 0 Å². The molecule has 27 heavy (non-hydrogen) atoms. The summed E-state index contributed by atoms with van der Waals surface area (Å²) in [6, 6.07) is 11.9. The Balaban J connectivity index is 1.96. The van der Waals surface area contributed by atoms with Gasteiger partial charge >= 0.3 is 6.09 Å². The SMILES string of the molecule is Cc1ccc(-c2ccc3c4cnccc4n(C(=O)OC(C)(C)C)c3c2)cn1. The number of fused-ring (bicyclic) bond motifs is 3. The Hall–Kier alpha value is -3.21. The molecule has 1 aromatic carbocycles. The number of hydrogen-bond donors (Lipinski definition) is 0. The second-order valence-electron chi connectivity index (χ2n) is 7.63. The fourth-order valence-corrected chi connectivity index (χ4v) is 3.19. The highest BCUT2D eigenvalue weighted by molar-refractivity contribution is 6.12. The zero-order chi connectivity index (χ0) is 19.2. The number of hydrogen-bond acceptors (Lipinski definition) is 4. The first-order valence-electron chi connectivity index (χ1n) is 8.88. The van der Waals surface area contributed by atoms with E-state index < -0.39 is 11.7 Å². The molecule has 0 N–H and O–H groups in total. The lowest BCUT2D eigenvalue weighted by molar-refractivity contribution is 0.0551. The number of carbonyl (C=O) groups excluding carboxylic acids is 1. The Morgan fingerprint density at radius 2 is 1.74 bits per heavy atom. The molecule has 0 bridgehead atoms. The van der Waals surface area contributed by atoms with E-state index in [1.54, 1.807) is 17.0 Å².